The molecule has 1 aromatic rings. The van der Waals surface area contributed by atoms with Crippen LogP contribution in [0.2, 0.25) is 0 Å². The van der Waals surface area contributed by atoms with E-state index in [1.807, 2.05) is 47.3 Å². The Morgan fingerprint density at radius 2 is 1.92 bits per heavy atom. The zero-order valence-corrected chi connectivity index (χ0v) is 16.8. The molecule has 2 aliphatic heterocycles. The van der Waals surface area contributed by atoms with Crippen molar-refractivity contribution in [1.82, 2.24) is 9.21 Å². The fraction of sp³-hybridized carbons (Fsp3) is 0.684. The number of hydrogen-bond donors (Lipinski definition) is 0. The summed E-state index contributed by atoms with van der Waals surface area (Å²) in [6.07, 6.45) is 4.76. The van der Waals surface area contributed by atoms with Gasteiger partial charge in [-0.1, -0.05) is 36.2 Å². The third-order valence-corrected chi connectivity index (χ3v) is 8.18. The molecule has 3 rings (SSSR count). The third kappa shape index (κ3) is 5.46. The van der Waals surface area contributed by atoms with Crippen molar-refractivity contribution in [2.24, 2.45) is 0 Å². The van der Waals surface area contributed by atoms with Gasteiger partial charge in [-0.3, -0.25) is 0 Å². The summed E-state index contributed by atoms with van der Waals surface area (Å²) in [7, 11) is -3.28. The van der Waals surface area contributed by atoms with Gasteiger partial charge in [0, 0.05) is 24.9 Å². The smallest absolute Gasteiger partial charge is 0.218 e. The van der Waals surface area contributed by atoms with E-state index >= 15 is 0 Å². The minimum absolute atomic E-state index is 0.111. The Bertz CT molecular complexity index is 657. The molecular weight excluding hydrogens is 352 g/mol. The van der Waals surface area contributed by atoms with Crippen LogP contribution in [0.5, 0.6) is 0 Å². The molecule has 140 valence electrons. The number of rotatable bonds is 5. The van der Waals surface area contributed by atoms with Gasteiger partial charge >= 0.3 is 0 Å². The Kier molecular flexibility index (Phi) is 6.83. The summed E-state index contributed by atoms with van der Waals surface area (Å²) < 4.78 is 28.2. The second kappa shape index (κ2) is 8.89. The maximum absolute atomic E-state index is 13.2. The molecule has 6 heteroatoms. The number of likely N-dealkylation sites (tertiary alicyclic amines) is 1. The van der Waals surface area contributed by atoms with Gasteiger partial charge in [0.25, 0.3) is 0 Å². The zero-order valence-electron chi connectivity index (χ0n) is 15.2. The van der Waals surface area contributed by atoms with Gasteiger partial charge < -0.3 is 4.90 Å². The van der Waals surface area contributed by atoms with Gasteiger partial charge in [-0.15, -0.1) is 0 Å². The Balaban J connectivity index is 1.74. The van der Waals surface area contributed by atoms with E-state index in [0.29, 0.717) is 6.54 Å². The minimum atomic E-state index is -3.28. The van der Waals surface area contributed by atoms with Crippen molar-refractivity contribution >= 4 is 21.8 Å². The van der Waals surface area contributed by atoms with Crippen molar-refractivity contribution in [2.45, 2.75) is 44.4 Å². The molecule has 0 spiro atoms. The van der Waals surface area contributed by atoms with Crippen molar-refractivity contribution in [3.05, 3.63) is 35.4 Å². The molecule has 1 atom stereocenters. The summed E-state index contributed by atoms with van der Waals surface area (Å²) >= 11 is 1.91. The van der Waals surface area contributed by atoms with Crippen molar-refractivity contribution in [3.8, 4) is 0 Å². The molecule has 0 amide bonds. The molecule has 2 fully saturated rings. The maximum atomic E-state index is 13.2. The summed E-state index contributed by atoms with van der Waals surface area (Å²) in [5, 5.41) is 0. The van der Waals surface area contributed by atoms with E-state index in [1.54, 1.807) is 0 Å². The van der Waals surface area contributed by atoms with Gasteiger partial charge in [0.15, 0.2) is 0 Å². The van der Waals surface area contributed by atoms with E-state index in [0.717, 1.165) is 48.7 Å². The predicted molar refractivity (Wildman–Crippen MR) is 107 cm³/mol. The SMILES string of the molecule is Cc1cccc(CS(=O)(=O)N2CCCSCC2CN2CCCCC2)c1. The van der Waals surface area contributed by atoms with Gasteiger partial charge in [-0.05, 0) is 50.6 Å². The lowest BCUT2D eigenvalue weighted by Gasteiger charge is -2.35. The summed E-state index contributed by atoms with van der Waals surface area (Å²) in [5.41, 5.74) is 2.01. The van der Waals surface area contributed by atoms with Crippen LogP contribution in [0.1, 0.15) is 36.8 Å². The lowest BCUT2D eigenvalue weighted by molar-refractivity contribution is 0.183. The lowest BCUT2D eigenvalue weighted by Crippen LogP contribution is -2.49. The topological polar surface area (TPSA) is 40.6 Å². The second-order valence-corrected chi connectivity index (χ2v) is 10.4. The zero-order chi connectivity index (χ0) is 17.7. The lowest BCUT2D eigenvalue weighted by atomic mass is 10.1. The molecule has 2 saturated heterocycles. The van der Waals surface area contributed by atoms with Gasteiger partial charge in [0.05, 0.1) is 5.75 Å². The van der Waals surface area contributed by atoms with Gasteiger partial charge in [-0.2, -0.15) is 16.1 Å². The molecule has 0 aromatic heterocycles. The molecule has 0 aliphatic carbocycles. The molecule has 2 aliphatic rings. The number of aryl methyl sites for hydroxylation is 1. The van der Waals surface area contributed by atoms with Crippen LogP contribution in [0.25, 0.3) is 0 Å². The fourth-order valence-corrected chi connectivity index (χ4v) is 6.77. The number of piperidine rings is 1. The monoisotopic (exact) mass is 382 g/mol. The van der Waals surface area contributed by atoms with E-state index < -0.39 is 10.0 Å². The highest BCUT2D eigenvalue weighted by molar-refractivity contribution is 7.99. The average molecular weight is 383 g/mol. The molecule has 0 bridgehead atoms. The Morgan fingerprint density at radius 1 is 1.12 bits per heavy atom. The largest absolute Gasteiger partial charge is 0.302 e. The van der Waals surface area contributed by atoms with E-state index in [1.165, 1.54) is 19.3 Å². The van der Waals surface area contributed by atoms with Crippen LogP contribution in [-0.4, -0.2) is 61.3 Å². The predicted octanol–water partition coefficient (Wildman–Crippen LogP) is 3.12. The first kappa shape index (κ1) is 19.2. The highest BCUT2D eigenvalue weighted by Gasteiger charge is 2.32. The van der Waals surface area contributed by atoms with Crippen molar-refractivity contribution in [1.29, 1.82) is 0 Å². The van der Waals surface area contributed by atoms with Gasteiger partial charge in [-0.25, -0.2) is 8.42 Å². The number of thioether (sulfide) groups is 1. The van der Waals surface area contributed by atoms with Crippen LogP contribution in [0, 0.1) is 6.92 Å². The molecule has 4 nitrogen and oxygen atoms in total. The second-order valence-electron chi connectivity index (χ2n) is 7.30. The van der Waals surface area contributed by atoms with Gasteiger partial charge in [0.2, 0.25) is 10.0 Å². The summed E-state index contributed by atoms with van der Waals surface area (Å²) in [5.74, 6) is 2.10. The van der Waals surface area contributed by atoms with Gasteiger partial charge in [0.1, 0.15) is 0 Å². The number of sulfonamides is 1. The molecule has 2 heterocycles. The molecule has 0 N–H and O–H groups in total. The van der Waals surface area contributed by atoms with Crippen LogP contribution >= 0.6 is 11.8 Å². The number of hydrogen-bond acceptors (Lipinski definition) is 4. The van der Waals surface area contributed by atoms with E-state index in [4.69, 9.17) is 0 Å². The Hall–Kier alpha value is -0.560. The van der Waals surface area contributed by atoms with Crippen molar-refractivity contribution in [2.75, 3.05) is 37.7 Å². The molecule has 0 saturated carbocycles. The van der Waals surface area contributed by atoms with Crippen LogP contribution in [-0.2, 0) is 15.8 Å². The van der Waals surface area contributed by atoms with Crippen LogP contribution in [0.15, 0.2) is 24.3 Å². The molecule has 0 radical (unpaired) electrons. The first-order chi connectivity index (χ1) is 12.0. The van der Waals surface area contributed by atoms with E-state index in [2.05, 4.69) is 4.90 Å². The van der Waals surface area contributed by atoms with Crippen molar-refractivity contribution in [3.63, 3.8) is 0 Å². The van der Waals surface area contributed by atoms with Crippen LogP contribution < -0.4 is 0 Å². The standard InChI is InChI=1S/C19H30N2O2S2/c1-17-7-5-8-18(13-17)16-25(22,23)21-11-6-12-24-15-19(21)14-20-9-3-2-4-10-20/h5,7-8,13,19H,2-4,6,9-12,14-16H2,1H3. The third-order valence-electron chi connectivity index (χ3n) is 5.09. The minimum Gasteiger partial charge on any atom is -0.302 e. The van der Waals surface area contributed by atoms with E-state index in [9.17, 15) is 8.42 Å². The first-order valence-electron chi connectivity index (χ1n) is 9.40. The average Bonchev–Trinajstić information content (AvgIpc) is 2.81. The number of nitrogens with zero attached hydrogens (tertiary/aromatic N) is 2. The molecule has 1 aromatic carbocycles. The number of benzene rings is 1. The maximum Gasteiger partial charge on any atom is 0.218 e. The molecule has 25 heavy (non-hydrogen) atoms. The highest BCUT2D eigenvalue weighted by atomic mass is 32.2. The Labute approximate surface area is 157 Å². The Morgan fingerprint density at radius 3 is 2.68 bits per heavy atom. The van der Waals surface area contributed by atoms with Crippen LogP contribution in [0.3, 0.4) is 0 Å². The quantitative estimate of drug-likeness (QED) is 0.785. The molecule has 1 unspecified atom stereocenters. The first-order valence-corrected chi connectivity index (χ1v) is 12.2. The van der Waals surface area contributed by atoms with E-state index in [-0.39, 0.29) is 11.8 Å². The normalized spacial score (nSPS) is 24.1. The fourth-order valence-electron chi connectivity index (χ4n) is 3.85. The summed E-state index contributed by atoms with van der Waals surface area (Å²) in [4.78, 5) is 2.47. The highest BCUT2D eigenvalue weighted by Crippen LogP contribution is 2.24. The van der Waals surface area contributed by atoms with Crippen LogP contribution in [0.4, 0.5) is 0 Å². The molecular formula is C19H30N2O2S2. The van der Waals surface area contributed by atoms with Crippen molar-refractivity contribution < 1.29 is 8.42 Å². The summed E-state index contributed by atoms with van der Waals surface area (Å²) in [6, 6.07) is 7.99. The summed E-state index contributed by atoms with van der Waals surface area (Å²) in [6.45, 7) is 5.80.